The highest BCUT2D eigenvalue weighted by atomic mass is 16.4. The van der Waals surface area contributed by atoms with Crippen molar-refractivity contribution < 1.29 is 29.7 Å². The van der Waals surface area contributed by atoms with E-state index in [4.69, 9.17) is 21.1 Å². The number of hydrogen-bond donors (Lipinski definition) is 6. The van der Waals surface area contributed by atoms with Crippen LogP contribution in [0.3, 0.4) is 0 Å². The molecule has 0 amide bonds. The molecule has 9 nitrogen and oxygen atoms in total. The minimum atomic E-state index is -0.931. The lowest BCUT2D eigenvalue weighted by atomic mass is 10.1. The zero-order valence-corrected chi connectivity index (χ0v) is 15.8. The Morgan fingerprint density at radius 1 is 1.18 bits per heavy atom. The Labute approximate surface area is 165 Å². The van der Waals surface area contributed by atoms with Crippen molar-refractivity contribution >= 4 is 23.6 Å². The van der Waals surface area contributed by atoms with Gasteiger partial charge in [0.2, 0.25) is 0 Å². The maximum absolute atomic E-state index is 10.5. The molecule has 1 saturated heterocycles. The predicted molar refractivity (Wildman–Crippen MR) is 109 cm³/mol. The van der Waals surface area contributed by atoms with Crippen LogP contribution >= 0.6 is 0 Å². The van der Waals surface area contributed by atoms with E-state index in [2.05, 4.69) is 10.6 Å². The van der Waals surface area contributed by atoms with Crippen LogP contribution in [0.5, 0.6) is 0 Å². The van der Waals surface area contributed by atoms with E-state index in [0.29, 0.717) is 11.3 Å². The van der Waals surface area contributed by atoms with Crippen LogP contribution in [0.25, 0.3) is 0 Å². The molecule has 160 valence electrons. The Hall–Kier alpha value is -2.65. The summed E-state index contributed by atoms with van der Waals surface area (Å²) >= 11 is 0. The second-order valence-electron chi connectivity index (χ2n) is 6.20. The summed E-state index contributed by atoms with van der Waals surface area (Å²) in [6.45, 7) is 4.41. The molecule has 2 rings (SSSR count). The summed E-state index contributed by atoms with van der Waals surface area (Å²) in [5.74, 6) is -2.54. The Morgan fingerprint density at radius 3 is 2.00 bits per heavy atom. The molecule has 1 aliphatic rings. The highest BCUT2D eigenvalue weighted by Crippen LogP contribution is 2.13. The normalized spacial score (nSPS) is 15.7. The van der Waals surface area contributed by atoms with E-state index in [1.54, 1.807) is 45.2 Å². The maximum atomic E-state index is 10.5. The lowest BCUT2D eigenvalue weighted by Crippen LogP contribution is -2.34. The number of aliphatic carboxylic acids is 2. The Balaban J connectivity index is 0. The Morgan fingerprint density at radius 2 is 1.75 bits per heavy atom. The van der Waals surface area contributed by atoms with Gasteiger partial charge in [0.15, 0.2) is 0 Å². The molecule has 0 bridgehead atoms. The molecule has 28 heavy (non-hydrogen) atoms. The minimum absolute atomic E-state index is 0. The van der Waals surface area contributed by atoms with Crippen molar-refractivity contribution in [3.8, 4) is 0 Å². The summed E-state index contributed by atoms with van der Waals surface area (Å²) in [5.41, 5.74) is 6.10. The molecule has 9 heteroatoms. The number of carboxylic acid groups (broad SMARTS) is 3. The van der Waals surface area contributed by atoms with E-state index < -0.39 is 23.9 Å². The lowest BCUT2D eigenvalue weighted by Gasteiger charge is -2.07. The first-order chi connectivity index (χ1) is 12.6. The Bertz CT molecular complexity index is 603. The van der Waals surface area contributed by atoms with Crippen LogP contribution in [-0.2, 0) is 9.59 Å². The molecule has 1 fully saturated rings. The van der Waals surface area contributed by atoms with Crippen molar-refractivity contribution in [1.29, 1.82) is 0 Å². The molecular formula is C19H33N3O6. The fourth-order valence-corrected chi connectivity index (χ4v) is 2.07. The van der Waals surface area contributed by atoms with Crippen LogP contribution in [-0.4, -0.2) is 58.9 Å². The number of benzene rings is 1. The fourth-order valence-electron chi connectivity index (χ4n) is 2.07. The molecule has 2 atom stereocenters. The zero-order valence-electron chi connectivity index (χ0n) is 15.8. The van der Waals surface area contributed by atoms with Crippen molar-refractivity contribution in [2.45, 2.75) is 46.2 Å². The fraction of sp³-hybridized carbons (Fsp3) is 0.526. The number of para-hydroxylation sites is 1. The molecule has 0 aliphatic carbocycles. The second kappa shape index (κ2) is 14.4. The van der Waals surface area contributed by atoms with Crippen LogP contribution in [0.4, 0.5) is 5.69 Å². The number of nitrogens with one attached hydrogen (secondary N) is 2. The van der Waals surface area contributed by atoms with Gasteiger partial charge in [-0.3, -0.25) is 9.59 Å². The van der Waals surface area contributed by atoms with E-state index in [1.165, 1.54) is 0 Å². The van der Waals surface area contributed by atoms with Crippen molar-refractivity contribution in [3.63, 3.8) is 0 Å². The van der Waals surface area contributed by atoms with Crippen LogP contribution in [0, 0.1) is 5.92 Å². The lowest BCUT2D eigenvalue weighted by molar-refractivity contribution is -0.140. The van der Waals surface area contributed by atoms with Crippen molar-refractivity contribution in [1.82, 2.24) is 5.32 Å². The zero-order chi connectivity index (χ0) is 21.0. The summed E-state index contributed by atoms with van der Waals surface area (Å²) in [6, 6.07) is 5.80. The molecule has 1 aromatic carbocycles. The van der Waals surface area contributed by atoms with Gasteiger partial charge in [-0.15, -0.1) is 0 Å². The molecule has 0 radical (unpaired) electrons. The predicted octanol–water partition coefficient (Wildman–Crippen LogP) is 1.94. The Kier molecular flexibility index (Phi) is 14.2. The molecule has 1 heterocycles. The van der Waals surface area contributed by atoms with Gasteiger partial charge >= 0.3 is 17.9 Å². The van der Waals surface area contributed by atoms with Crippen LogP contribution in [0.15, 0.2) is 24.3 Å². The third kappa shape index (κ3) is 10.5. The summed E-state index contributed by atoms with van der Waals surface area (Å²) in [4.78, 5) is 30.7. The molecule has 1 aliphatic heterocycles. The van der Waals surface area contributed by atoms with Gasteiger partial charge in [-0.25, -0.2) is 4.79 Å². The second-order valence-corrected chi connectivity index (χ2v) is 6.20. The monoisotopic (exact) mass is 399 g/mol. The number of carbonyl (C=O) groups is 3. The molecule has 0 saturated carbocycles. The average Bonchev–Trinajstić information content (AvgIpc) is 3.17. The van der Waals surface area contributed by atoms with E-state index in [0.717, 1.165) is 19.4 Å². The summed E-state index contributed by atoms with van der Waals surface area (Å²) in [7, 11) is 1.70. The van der Waals surface area contributed by atoms with Gasteiger partial charge < -0.3 is 31.7 Å². The smallest absolute Gasteiger partial charge is 0.337 e. The van der Waals surface area contributed by atoms with Gasteiger partial charge in [-0.05, 0) is 37.4 Å². The summed E-state index contributed by atoms with van der Waals surface area (Å²) < 4.78 is 0. The standard InChI is InChI=1S/C8H9NO2.C5H9NO2.C5H11NO2.CH4/c1-9-7-5-3-2-4-6(7)8(10)11;7-5(8)4-2-1-3-6-4;1-3(2)4(6)5(7)8;/h2-5,9H,1H3,(H,10,11);4,6H,1-3H2,(H,7,8);3-4H,6H2,1-2H3,(H,7,8);1H4. The first-order valence-electron chi connectivity index (χ1n) is 8.56. The van der Waals surface area contributed by atoms with Crippen molar-refractivity contribution in [3.05, 3.63) is 29.8 Å². The first kappa shape index (κ1) is 27.6. The topological polar surface area (TPSA) is 162 Å². The highest BCUT2D eigenvalue weighted by Gasteiger charge is 2.20. The first-order valence-corrected chi connectivity index (χ1v) is 8.56. The third-order valence-electron chi connectivity index (χ3n) is 3.79. The van der Waals surface area contributed by atoms with Crippen LogP contribution < -0.4 is 16.4 Å². The molecule has 7 N–H and O–H groups in total. The number of carboxylic acids is 3. The SMILES string of the molecule is C.CC(C)C(N)C(=O)O.CNc1ccccc1C(=O)O.O=C(O)C1CCCN1. The van der Waals surface area contributed by atoms with Gasteiger partial charge in [-0.1, -0.05) is 33.4 Å². The van der Waals surface area contributed by atoms with Crippen LogP contribution in [0.1, 0.15) is 44.5 Å². The number of anilines is 1. The number of nitrogens with two attached hydrogens (primary N) is 1. The minimum Gasteiger partial charge on any atom is -0.480 e. The number of aromatic carboxylic acids is 1. The molecule has 2 unspecified atom stereocenters. The highest BCUT2D eigenvalue weighted by molar-refractivity contribution is 5.94. The van der Waals surface area contributed by atoms with Gasteiger partial charge in [0.1, 0.15) is 12.1 Å². The van der Waals surface area contributed by atoms with E-state index >= 15 is 0 Å². The van der Waals surface area contributed by atoms with E-state index in [9.17, 15) is 14.4 Å². The number of hydrogen-bond acceptors (Lipinski definition) is 6. The summed E-state index contributed by atoms with van der Waals surface area (Å²) in [5, 5.41) is 30.9. The van der Waals surface area contributed by atoms with E-state index in [-0.39, 0.29) is 19.4 Å². The molecule has 1 aromatic rings. The van der Waals surface area contributed by atoms with Gasteiger partial charge in [-0.2, -0.15) is 0 Å². The van der Waals surface area contributed by atoms with Crippen LogP contribution in [0.2, 0.25) is 0 Å². The largest absolute Gasteiger partial charge is 0.480 e. The average molecular weight is 399 g/mol. The van der Waals surface area contributed by atoms with E-state index in [1.807, 2.05) is 0 Å². The summed E-state index contributed by atoms with van der Waals surface area (Å²) in [6.07, 6.45) is 1.78. The van der Waals surface area contributed by atoms with Gasteiger partial charge in [0, 0.05) is 12.7 Å². The van der Waals surface area contributed by atoms with Crippen molar-refractivity contribution in [2.24, 2.45) is 11.7 Å². The number of rotatable bonds is 5. The third-order valence-corrected chi connectivity index (χ3v) is 3.79. The quantitative estimate of drug-likeness (QED) is 0.434. The van der Waals surface area contributed by atoms with Gasteiger partial charge in [0.25, 0.3) is 0 Å². The molecule has 0 spiro atoms. The van der Waals surface area contributed by atoms with Gasteiger partial charge in [0.05, 0.1) is 5.56 Å². The molecule has 0 aromatic heterocycles. The van der Waals surface area contributed by atoms with Crippen molar-refractivity contribution in [2.75, 3.05) is 18.9 Å². The molecular weight excluding hydrogens is 366 g/mol. The maximum Gasteiger partial charge on any atom is 0.337 e.